The Bertz CT molecular complexity index is 845. The van der Waals surface area contributed by atoms with Crippen molar-refractivity contribution in [2.45, 2.75) is 25.3 Å². The van der Waals surface area contributed by atoms with Crippen molar-refractivity contribution < 1.29 is 22.5 Å². The van der Waals surface area contributed by atoms with Crippen molar-refractivity contribution in [2.75, 3.05) is 20.3 Å². The van der Waals surface area contributed by atoms with Crippen LogP contribution in [0.5, 0.6) is 0 Å². The summed E-state index contributed by atoms with van der Waals surface area (Å²) in [4.78, 5) is 12.4. The smallest absolute Gasteiger partial charge is 0.251 e. The second-order valence-corrected chi connectivity index (χ2v) is 7.25. The Morgan fingerprint density at radius 2 is 2.04 bits per heavy atom. The Morgan fingerprint density at radius 1 is 1.28 bits per heavy atom. The molecule has 1 aromatic carbocycles. The number of aryl methyl sites for hydroxylation is 2. The van der Waals surface area contributed by atoms with Crippen molar-refractivity contribution in [3.63, 3.8) is 0 Å². The number of aromatic nitrogens is 1. The maximum atomic E-state index is 12.4. The number of rotatable bonds is 8. The van der Waals surface area contributed by atoms with Crippen LogP contribution in [0.4, 0.5) is 0 Å². The van der Waals surface area contributed by atoms with Gasteiger partial charge in [0.2, 0.25) is 10.0 Å². The van der Waals surface area contributed by atoms with Gasteiger partial charge in [0.15, 0.2) is 0 Å². The quantitative estimate of drug-likeness (QED) is 0.677. The molecule has 0 radical (unpaired) electrons. The van der Waals surface area contributed by atoms with Crippen LogP contribution < -0.4 is 10.0 Å². The number of ether oxygens (including phenoxy) is 1. The first-order valence-corrected chi connectivity index (χ1v) is 9.11. The van der Waals surface area contributed by atoms with Gasteiger partial charge in [0, 0.05) is 25.3 Å². The molecule has 0 saturated heterocycles. The second-order valence-electron chi connectivity index (χ2n) is 5.48. The first-order valence-electron chi connectivity index (χ1n) is 7.63. The third-order valence-corrected chi connectivity index (χ3v) is 4.93. The van der Waals surface area contributed by atoms with E-state index in [0.717, 1.165) is 0 Å². The zero-order valence-corrected chi connectivity index (χ0v) is 15.1. The largest absolute Gasteiger partial charge is 0.383 e. The van der Waals surface area contributed by atoms with Crippen LogP contribution in [0.1, 0.15) is 27.4 Å². The number of amides is 1. The molecule has 0 fully saturated rings. The first-order chi connectivity index (χ1) is 11.8. The highest BCUT2D eigenvalue weighted by atomic mass is 32.2. The lowest BCUT2D eigenvalue weighted by Gasteiger charge is -2.10. The van der Waals surface area contributed by atoms with E-state index in [1.807, 2.05) is 0 Å². The summed E-state index contributed by atoms with van der Waals surface area (Å²) in [5.41, 5.74) is 1.55. The van der Waals surface area contributed by atoms with E-state index in [1.165, 1.54) is 19.2 Å². The second kappa shape index (κ2) is 8.24. The van der Waals surface area contributed by atoms with Crippen molar-refractivity contribution >= 4 is 15.9 Å². The zero-order valence-electron chi connectivity index (χ0n) is 14.3. The number of nitrogens with one attached hydrogen (secondary N) is 2. The third-order valence-electron chi connectivity index (χ3n) is 3.47. The topological polar surface area (TPSA) is 111 Å². The number of hydrogen-bond acceptors (Lipinski definition) is 6. The van der Waals surface area contributed by atoms with E-state index in [2.05, 4.69) is 15.2 Å². The highest BCUT2D eigenvalue weighted by molar-refractivity contribution is 7.89. The van der Waals surface area contributed by atoms with E-state index in [0.29, 0.717) is 17.0 Å². The van der Waals surface area contributed by atoms with Gasteiger partial charge in [0.1, 0.15) is 11.5 Å². The predicted molar refractivity (Wildman–Crippen MR) is 90.7 cm³/mol. The lowest BCUT2D eigenvalue weighted by molar-refractivity contribution is 0.0949. The minimum atomic E-state index is -3.71. The Morgan fingerprint density at radius 3 is 2.68 bits per heavy atom. The van der Waals surface area contributed by atoms with Crippen LogP contribution >= 0.6 is 0 Å². The average molecular weight is 367 g/mol. The predicted octanol–water partition coefficient (Wildman–Crippen LogP) is 1.15. The molecule has 1 heterocycles. The van der Waals surface area contributed by atoms with Crippen molar-refractivity contribution in [1.29, 1.82) is 0 Å². The molecule has 0 unspecified atom stereocenters. The van der Waals surface area contributed by atoms with Gasteiger partial charge in [-0.15, -0.1) is 0 Å². The molecule has 1 amide bonds. The van der Waals surface area contributed by atoms with Crippen molar-refractivity contribution in [3.05, 3.63) is 46.8 Å². The van der Waals surface area contributed by atoms with Crippen LogP contribution in [0.15, 0.2) is 33.7 Å². The Kier molecular flexibility index (Phi) is 6.29. The fourth-order valence-electron chi connectivity index (χ4n) is 2.14. The fourth-order valence-corrected chi connectivity index (χ4v) is 3.18. The van der Waals surface area contributed by atoms with Gasteiger partial charge in [-0.05, 0) is 31.5 Å². The normalized spacial score (nSPS) is 11.5. The summed E-state index contributed by atoms with van der Waals surface area (Å²) >= 11 is 0. The number of sulfonamides is 1. The number of methoxy groups -OCH3 is 1. The summed E-state index contributed by atoms with van der Waals surface area (Å²) < 4.78 is 36.7. The number of benzene rings is 1. The van der Waals surface area contributed by atoms with E-state index in [4.69, 9.17) is 9.26 Å². The average Bonchev–Trinajstić information content (AvgIpc) is 2.98. The Hall–Kier alpha value is -2.23. The molecule has 0 aliphatic rings. The van der Waals surface area contributed by atoms with Crippen LogP contribution in [0.25, 0.3) is 0 Å². The fraction of sp³-hybridized carbons (Fsp3) is 0.375. The van der Waals surface area contributed by atoms with Gasteiger partial charge in [0.25, 0.3) is 5.91 Å². The minimum Gasteiger partial charge on any atom is -0.383 e. The lowest BCUT2D eigenvalue weighted by atomic mass is 10.1. The molecule has 1 aromatic heterocycles. The molecule has 0 bridgehead atoms. The highest BCUT2D eigenvalue weighted by Crippen LogP contribution is 2.16. The van der Waals surface area contributed by atoms with Gasteiger partial charge in [-0.1, -0.05) is 11.2 Å². The van der Waals surface area contributed by atoms with Gasteiger partial charge in [0.05, 0.1) is 18.0 Å². The summed E-state index contributed by atoms with van der Waals surface area (Å²) in [7, 11) is -2.22. The van der Waals surface area contributed by atoms with Gasteiger partial charge >= 0.3 is 0 Å². The van der Waals surface area contributed by atoms with Crippen LogP contribution in [-0.2, 0) is 21.3 Å². The molecule has 2 rings (SSSR count). The number of carbonyl (C=O) groups excluding carboxylic acids is 1. The molecular formula is C16H21N3O5S. The van der Waals surface area contributed by atoms with E-state index >= 15 is 0 Å². The lowest BCUT2D eigenvalue weighted by Crippen LogP contribution is -2.28. The van der Waals surface area contributed by atoms with E-state index in [-0.39, 0.29) is 36.1 Å². The maximum Gasteiger partial charge on any atom is 0.251 e. The molecule has 0 aliphatic carbocycles. The monoisotopic (exact) mass is 367 g/mol. The van der Waals surface area contributed by atoms with Crippen molar-refractivity contribution in [3.8, 4) is 0 Å². The third kappa shape index (κ3) is 5.12. The molecule has 25 heavy (non-hydrogen) atoms. The molecule has 0 spiro atoms. The van der Waals surface area contributed by atoms with E-state index in [9.17, 15) is 13.2 Å². The molecule has 0 atom stereocenters. The highest BCUT2D eigenvalue weighted by Gasteiger charge is 2.18. The molecule has 0 saturated carbocycles. The number of carbonyl (C=O) groups is 1. The SMILES string of the molecule is COCCNS(=O)(=O)c1ccc(C)c(C(=O)NCc2cc(C)on2)c1. The Balaban J connectivity index is 2.13. The van der Waals surface area contributed by atoms with Crippen LogP contribution in [0.2, 0.25) is 0 Å². The summed E-state index contributed by atoms with van der Waals surface area (Å²) in [6.07, 6.45) is 0. The summed E-state index contributed by atoms with van der Waals surface area (Å²) in [5.74, 6) is 0.266. The van der Waals surface area contributed by atoms with Gasteiger partial charge < -0.3 is 14.6 Å². The van der Waals surface area contributed by atoms with Gasteiger partial charge in [-0.3, -0.25) is 4.79 Å². The molecule has 8 nitrogen and oxygen atoms in total. The molecule has 0 aliphatic heterocycles. The van der Waals surface area contributed by atoms with Gasteiger partial charge in [-0.25, -0.2) is 13.1 Å². The Labute approximate surface area is 146 Å². The van der Waals surface area contributed by atoms with Crippen molar-refractivity contribution in [2.24, 2.45) is 0 Å². The molecular weight excluding hydrogens is 346 g/mol. The zero-order chi connectivity index (χ0) is 18.4. The van der Waals surface area contributed by atoms with Gasteiger partial charge in [-0.2, -0.15) is 0 Å². The number of nitrogens with zero attached hydrogens (tertiary/aromatic N) is 1. The van der Waals surface area contributed by atoms with E-state index in [1.54, 1.807) is 26.0 Å². The van der Waals surface area contributed by atoms with Crippen LogP contribution in [0, 0.1) is 13.8 Å². The standard InChI is InChI=1S/C16H21N3O5S/c1-11-4-5-14(25(21,22)18-6-7-23-3)9-15(11)16(20)17-10-13-8-12(2)24-19-13/h4-5,8-9,18H,6-7,10H2,1-3H3,(H,17,20). The van der Waals surface area contributed by atoms with Crippen LogP contribution in [0.3, 0.4) is 0 Å². The molecule has 9 heteroatoms. The van der Waals surface area contributed by atoms with Crippen LogP contribution in [-0.4, -0.2) is 39.7 Å². The summed E-state index contributed by atoms with van der Waals surface area (Å²) in [6, 6.07) is 6.13. The molecule has 136 valence electrons. The number of hydrogen-bond donors (Lipinski definition) is 2. The first kappa shape index (κ1) is 19.1. The van der Waals surface area contributed by atoms with Crippen molar-refractivity contribution in [1.82, 2.24) is 15.2 Å². The molecule has 2 N–H and O–H groups in total. The maximum absolute atomic E-state index is 12.4. The summed E-state index contributed by atoms with van der Waals surface area (Å²) in [5, 5.41) is 6.50. The molecule has 2 aromatic rings. The van der Waals surface area contributed by atoms with E-state index < -0.39 is 10.0 Å². The summed E-state index contributed by atoms with van der Waals surface area (Å²) in [6.45, 7) is 4.10. The minimum absolute atomic E-state index is 0.0247.